The zero-order valence-corrected chi connectivity index (χ0v) is 12.9. The van der Waals surface area contributed by atoms with Gasteiger partial charge in [0, 0.05) is 20.3 Å². The highest BCUT2D eigenvalue weighted by Gasteiger charge is 2.18. The molecule has 0 radical (unpaired) electrons. The number of hydrogen-bond donors (Lipinski definition) is 1. The van der Waals surface area contributed by atoms with Crippen LogP contribution in [-0.2, 0) is 4.74 Å². The third-order valence-electron chi connectivity index (χ3n) is 3.32. The number of anilines is 1. The molecule has 0 bridgehead atoms. The Kier molecular flexibility index (Phi) is 4.42. The lowest BCUT2D eigenvalue weighted by atomic mass is 9.90. The molecule has 1 aromatic heterocycles. The van der Waals surface area contributed by atoms with Gasteiger partial charge in [-0.05, 0) is 30.4 Å². The average Bonchev–Trinajstić information content (AvgIpc) is 2.79. The number of hydrogen-bond acceptors (Lipinski definition) is 4. The quantitative estimate of drug-likeness (QED) is 0.864. The number of thiazole rings is 1. The smallest absolute Gasteiger partial charge is 0.183 e. The molecule has 0 fully saturated rings. The van der Waals surface area contributed by atoms with Crippen molar-refractivity contribution in [2.75, 3.05) is 25.6 Å². The molecule has 0 saturated carbocycles. The van der Waals surface area contributed by atoms with E-state index in [1.54, 1.807) is 18.4 Å². The molecule has 0 unspecified atom stereocenters. The van der Waals surface area contributed by atoms with E-state index in [1.807, 2.05) is 0 Å². The van der Waals surface area contributed by atoms with Gasteiger partial charge in [-0.3, -0.25) is 0 Å². The van der Waals surface area contributed by atoms with E-state index < -0.39 is 0 Å². The molecule has 1 heterocycles. The first-order valence-corrected chi connectivity index (χ1v) is 7.42. The predicted octanol–water partition coefficient (Wildman–Crippen LogP) is 4.08. The number of methoxy groups -OCH3 is 1. The molecule has 0 atom stereocenters. The van der Waals surface area contributed by atoms with Crippen LogP contribution in [0, 0.1) is 12.3 Å². The predicted molar refractivity (Wildman–Crippen MR) is 83.1 cm³/mol. The van der Waals surface area contributed by atoms with Crippen LogP contribution in [0.5, 0.6) is 0 Å². The van der Waals surface area contributed by atoms with E-state index in [4.69, 9.17) is 4.74 Å². The van der Waals surface area contributed by atoms with Crippen LogP contribution < -0.4 is 5.32 Å². The second-order valence-electron chi connectivity index (χ2n) is 5.70. The highest BCUT2D eigenvalue weighted by molar-refractivity contribution is 7.22. The lowest BCUT2D eigenvalue weighted by Crippen LogP contribution is -2.24. The molecule has 3 nitrogen and oxygen atoms in total. The minimum Gasteiger partial charge on any atom is -0.385 e. The summed E-state index contributed by atoms with van der Waals surface area (Å²) < 4.78 is 6.40. The fraction of sp³-hybridized carbons (Fsp3) is 0.533. The van der Waals surface area contributed by atoms with Crippen molar-refractivity contribution in [2.45, 2.75) is 27.2 Å². The van der Waals surface area contributed by atoms with Gasteiger partial charge >= 0.3 is 0 Å². The van der Waals surface area contributed by atoms with Crippen molar-refractivity contribution in [3.63, 3.8) is 0 Å². The summed E-state index contributed by atoms with van der Waals surface area (Å²) in [6.45, 7) is 8.31. The third kappa shape index (κ3) is 3.67. The Morgan fingerprint density at radius 3 is 2.84 bits per heavy atom. The molecule has 0 saturated heterocycles. The van der Waals surface area contributed by atoms with E-state index in [9.17, 15) is 0 Å². The first-order valence-electron chi connectivity index (χ1n) is 6.61. The second kappa shape index (κ2) is 5.88. The molecule has 104 valence electrons. The van der Waals surface area contributed by atoms with Crippen LogP contribution in [0.25, 0.3) is 10.2 Å². The van der Waals surface area contributed by atoms with E-state index in [2.05, 4.69) is 49.3 Å². The molecule has 1 N–H and O–H groups in total. The molecule has 2 rings (SSSR count). The fourth-order valence-corrected chi connectivity index (χ4v) is 2.88. The molecule has 0 amide bonds. The maximum Gasteiger partial charge on any atom is 0.183 e. The number of ether oxygens (including phenoxy) is 1. The number of aromatic nitrogens is 1. The summed E-state index contributed by atoms with van der Waals surface area (Å²) in [5.74, 6) is 0. The molecule has 2 aromatic rings. The second-order valence-corrected chi connectivity index (χ2v) is 6.73. The van der Waals surface area contributed by atoms with Gasteiger partial charge < -0.3 is 10.1 Å². The van der Waals surface area contributed by atoms with Gasteiger partial charge in [-0.15, -0.1) is 0 Å². The SMILES string of the molecule is COCCC(C)(C)CNc1nc2c(C)cccc2s1. The highest BCUT2D eigenvalue weighted by Crippen LogP contribution is 2.29. The van der Waals surface area contributed by atoms with Gasteiger partial charge in [0.05, 0.1) is 10.2 Å². The number of nitrogens with zero attached hydrogens (tertiary/aromatic N) is 1. The summed E-state index contributed by atoms with van der Waals surface area (Å²) in [7, 11) is 1.75. The summed E-state index contributed by atoms with van der Waals surface area (Å²) in [6.07, 6.45) is 1.04. The summed E-state index contributed by atoms with van der Waals surface area (Å²) in [6, 6.07) is 6.32. The number of aryl methyl sites for hydroxylation is 1. The van der Waals surface area contributed by atoms with Crippen molar-refractivity contribution in [3.8, 4) is 0 Å². The van der Waals surface area contributed by atoms with Gasteiger partial charge in [-0.2, -0.15) is 0 Å². The lowest BCUT2D eigenvalue weighted by Gasteiger charge is -2.24. The molecular formula is C15H22N2OS. The zero-order valence-electron chi connectivity index (χ0n) is 12.1. The van der Waals surface area contributed by atoms with Crippen molar-refractivity contribution < 1.29 is 4.74 Å². The molecule has 0 aliphatic carbocycles. The minimum absolute atomic E-state index is 0.211. The van der Waals surface area contributed by atoms with Crippen LogP contribution in [0.2, 0.25) is 0 Å². The highest BCUT2D eigenvalue weighted by atomic mass is 32.1. The summed E-state index contributed by atoms with van der Waals surface area (Å²) in [4.78, 5) is 4.67. The van der Waals surface area contributed by atoms with Crippen molar-refractivity contribution in [1.82, 2.24) is 4.98 Å². The standard InChI is InChI=1S/C15H22N2OS/c1-11-6-5-7-12-13(11)17-14(19-12)16-10-15(2,3)8-9-18-4/h5-7H,8-10H2,1-4H3,(H,16,17). The largest absolute Gasteiger partial charge is 0.385 e. The third-order valence-corrected chi connectivity index (χ3v) is 4.30. The fourth-order valence-electron chi connectivity index (χ4n) is 1.94. The van der Waals surface area contributed by atoms with Gasteiger partial charge in [0.2, 0.25) is 0 Å². The Balaban J connectivity index is 2.04. The molecule has 4 heteroatoms. The molecule has 0 aliphatic heterocycles. The number of rotatable bonds is 6. The number of nitrogens with one attached hydrogen (secondary N) is 1. The van der Waals surface area contributed by atoms with Gasteiger partial charge in [0.15, 0.2) is 5.13 Å². The van der Waals surface area contributed by atoms with Gasteiger partial charge in [-0.25, -0.2) is 4.98 Å². The first kappa shape index (κ1) is 14.3. The summed E-state index contributed by atoms with van der Waals surface area (Å²) in [5.41, 5.74) is 2.56. The summed E-state index contributed by atoms with van der Waals surface area (Å²) in [5, 5.41) is 4.47. The van der Waals surface area contributed by atoms with Gasteiger partial charge in [0.1, 0.15) is 0 Å². The van der Waals surface area contributed by atoms with E-state index in [1.165, 1.54) is 10.3 Å². The zero-order chi connectivity index (χ0) is 13.9. The van der Waals surface area contributed by atoms with E-state index in [0.717, 1.165) is 30.2 Å². The Labute approximate surface area is 119 Å². The lowest BCUT2D eigenvalue weighted by molar-refractivity contribution is 0.157. The van der Waals surface area contributed by atoms with E-state index in [0.29, 0.717) is 0 Å². The minimum atomic E-state index is 0.211. The van der Waals surface area contributed by atoms with E-state index >= 15 is 0 Å². The maximum atomic E-state index is 5.15. The van der Waals surface area contributed by atoms with Crippen molar-refractivity contribution >= 4 is 26.7 Å². The molecule has 0 spiro atoms. The van der Waals surface area contributed by atoms with E-state index in [-0.39, 0.29) is 5.41 Å². The topological polar surface area (TPSA) is 34.1 Å². The van der Waals surface area contributed by atoms with Crippen molar-refractivity contribution in [3.05, 3.63) is 23.8 Å². The Bertz CT molecular complexity index is 548. The molecule has 1 aromatic carbocycles. The van der Waals surface area contributed by atoms with Gasteiger partial charge in [0.25, 0.3) is 0 Å². The monoisotopic (exact) mass is 278 g/mol. The number of para-hydroxylation sites is 1. The van der Waals surface area contributed by atoms with Crippen LogP contribution in [0.4, 0.5) is 5.13 Å². The van der Waals surface area contributed by atoms with Gasteiger partial charge in [-0.1, -0.05) is 37.3 Å². The molecular weight excluding hydrogens is 256 g/mol. The molecule has 0 aliphatic rings. The normalized spacial score (nSPS) is 12.0. The Morgan fingerprint density at radius 2 is 2.16 bits per heavy atom. The van der Waals surface area contributed by atoms with Crippen molar-refractivity contribution in [1.29, 1.82) is 0 Å². The Morgan fingerprint density at radius 1 is 1.37 bits per heavy atom. The maximum absolute atomic E-state index is 5.15. The molecule has 19 heavy (non-hydrogen) atoms. The van der Waals surface area contributed by atoms with Crippen LogP contribution in [0.15, 0.2) is 18.2 Å². The first-order chi connectivity index (χ1) is 9.02. The Hall–Kier alpha value is -1.13. The van der Waals surface area contributed by atoms with Crippen LogP contribution in [0.3, 0.4) is 0 Å². The number of benzene rings is 1. The average molecular weight is 278 g/mol. The number of fused-ring (bicyclic) bond motifs is 1. The van der Waals surface area contributed by atoms with Crippen LogP contribution in [0.1, 0.15) is 25.8 Å². The van der Waals surface area contributed by atoms with Crippen LogP contribution >= 0.6 is 11.3 Å². The van der Waals surface area contributed by atoms with Crippen LogP contribution in [-0.4, -0.2) is 25.2 Å². The van der Waals surface area contributed by atoms with Crippen molar-refractivity contribution in [2.24, 2.45) is 5.41 Å². The summed E-state index contributed by atoms with van der Waals surface area (Å²) >= 11 is 1.72.